The lowest BCUT2D eigenvalue weighted by Gasteiger charge is -2.48. The van der Waals surface area contributed by atoms with Crippen LogP contribution in [0.4, 0.5) is 0 Å². The van der Waals surface area contributed by atoms with Crippen LogP contribution in [0.3, 0.4) is 0 Å². The Morgan fingerprint density at radius 3 is 2.57 bits per heavy atom. The highest BCUT2D eigenvalue weighted by Gasteiger charge is 2.37. The van der Waals surface area contributed by atoms with E-state index in [2.05, 4.69) is 54.4 Å². The summed E-state index contributed by atoms with van der Waals surface area (Å²) < 4.78 is 0. The third kappa shape index (κ3) is 4.34. The molecular weight excluding hydrogens is 284 g/mol. The Hall–Kier alpha value is -0.900. The van der Waals surface area contributed by atoms with Crippen LogP contribution >= 0.6 is 0 Å². The van der Waals surface area contributed by atoms with Gasteiger partial charge in [-0.05, 0) is 43.1 Å². The van der Waals surface area contributed by atoms with Crippen molar-refractivity contribution < 1.29 is 5.11 Å². The molecule has 2 N–H and O–H groups in total. The molecule has 0 radical (unpaired) electrons. The first-order valence-corrected chi connectivity index (χ1v) is 9.35. The molecule has 1 aliphatic carbocycles. The van der Waals surface area contributed by atoms with Gasteiger partial charge in [0.05, 0.1) is 6.10 Å². The number of hydrogen-bond donors (Lipinski definition) is 2. The zero-order valence-corrected chi connectivity index (χ0v) is 14.6. The molecule has 3 unspecified atom stereocenters. The van der Waals surface area contributed by atoms with Crippen molar-refractivity contribution in [3.8, 4) is 0 Å². The molecule has 0 spiro atoms. The van der Waals surface area contributed by atoms with Gasteiger partial charge in [0.25, 0.3) is 0 Å². The van der Waals surface area contributed by atoms with E-state index >= 15 is 0 Å². The third-order valence-electron chi connectivity index (χ3n) is 5.78. The summed E-state index contributed by atoms with van der Waals surface area (Å²) in [4.78, 5) is 2.65. The van der Waals surface area contributed by atoms with Gasteiger partial charge in [0.15, 0.2) is 0 Å². The van der Waals surface area contributed by atoms with Crippen LogP contribution in [0, 0.1) is 11.8 Å². The summed E-state index contributed by atoms with van der Waals surface area (Å²) in [6.45, 7) is 7.59. The van der Waals surface area contributed by atoms with Gasteiger partial charge < -0.3 is 10.4 Å². The predicted molar refractivity (Wildman–Crippen MR) is 95.2 cm³/mol. The Morgan fingerprint density at radius 1 is 1.17 bits per heavy atom. The second kappa shape index (κ2) is 7.78. The van der Waals surface area contributed by atoms with Crippen molar-refractivity contribution in [2.24, 2.45) is 11.8 Å². The SMILES string of the molecule is CCC(O)C1CC(NCc2ccccc2)CN(C2CC(C)C2)C1. The monoisotopic (exact) mass is 316 g/mol. The summed E-state index contributed by atoms with van der Waals surface area (Å²) in [6, 6.07) is 11.9. The Morgan fingerprint density at radius 2 is 1.91 bits per heavy atom. The highest BCUT2D eigenvalue weighted by molar-refractivity contribution is 5.14. The van der Waals surface area contributed by atoms with E-state index in [0.717, 1.165) is 44.4 Å². The van der Waals surface area contributed by atoms with Crippen LogP contribution in [0.15, 0.2) is 30.3 Å². The molecule has 1 saturated heterocycles. The smallest absolute Gasteiger partial charge is 0.0578 e. The first kappa shape index (κ1) is 16.9. The van der Waals surface area contributed by atoms with Gasteiger partial charge in [-0.25, -0.2) is 0 Å². The molecule has 1 aromatic carbocycles. The van der Waals surface area contributed by atoms with Crippen molar-refractivity contribution >= 4 is 0 Å². The van der Waals surface area contributed by atoms with Crippen LogP contribution in [-0.4, -0.2) is 41.3 Å². The molecule has 2 fully saturated rings. The first-order valence-electron chi connectivity index (χ1n) is 9.35. The van der Waals surface area contributed by atoms with E-state index in [1.54, 1.807) is 0 Å². The average molecular weight is 316 g/mol. The lowest BCUT2D eigenvalue weighted by atomic mass is 9.78. The zero-order chi connectivity index (χ0) is 16.2. The van der Waals surface area contributed by atoms with Gasteiger partial charge >= 0.3 is 0 Å². The summed E-state index contributed by atoms with van der Waals surface area (Å²) in [7, 11) is 0. The molecule has 2 aliphatic rings. The summed E-state index contributed by atoms with van der Waals surface area (Å²) in [6.07, 6.45) is 4.48. The Kier molecular flexibility index (Phi) is 5.73. The van der Waals surface area contributed by atoms with Crippen LogP contribution in [0.25, 0.3) is 0 Å². The maximum Gasteiger partial charge on any atom is 0.0578 e. The molecule has 23 heavy (non-hydrogen) atoms. The number of hydrogen-bond acceptors (Lipinski definition) is 3. The molecule has 0 aromatic heterocycles. The van der Waals surface area contributed by atoms with Gasteiger partial charge in [-0.3, -0.25) is 4.90 Å². The third-order valence-corrected chi connectivity index (χ3v) is 5.78. The fourth-order valence-corrected chi connectivity index (χ4v) is 4.25. The largest absolute Gasteiger partial charge is 0.393 e. The number of nitrogens with one attached hydrogen (secondary N) is 1. The Balaban J connectivity index is 1.59. The molecule has 3 nitrogen and oxygen atoms in total. The minimum atomic E-state index is -0.156. The number of piperidine rings is 1. The molecule has 1 aromatic rings. The van der Waals surface area contributed by atoms with E-state index < -0.39 is 0 Å². The van der Waals surface area contributed by atoms with Crippen molar-refractivity contribution in [2.75, 3.05) is 13.1 Å². The van der Waals surface area contributed by atoms with Crippen LogP contribution in [-0.2, 0) is 6.54 Å². The van der Waals surface area contributed by atoms with Gasteiger partial charge in [0.1, 0.15) is 0 Å². The molecule has 1 heterocycles. The number of likely N-dealkylation sites (tertiary alicyclic amines) is 1. The van der Waals surface area contributed by atoms with Gasteiger partial charge in [-0.2, -0.15) is 0 Å². The normalized spacial score (nSPS) is 33.2. The van der Waals surface area contributed by atoms with E-state index in [0.29, 0.717) is 12.0 Å². The lowest BCUT2D eigenvalue weighted by molar-refractivity contribution is -0.00948. The fraction of sp³-hybridized carbons (Fsp3) is 0.700. The summed E-state index contributed by atoms with van der Waals surface area (Å²) in [5, 5.41) is 14.1. The van der Waals surface area contributed by atoms with Crippen LogP contribution in [0.5, 0.6) is 0 Å². The second-order valence-corrected chi connectivity index (χ2v) is 7.72. The Bertz CT molecular complexity index is 472. The van der Waals surface area contributed by atoms with E-state index in [-0.39, 0.29) is 6.10 Å². The predicted octanol–water partition coefficient (Wildman–Crippen LogP) is 3.04. The summed E-state index contributed by atoms with van der Waals surface area (Å²) >= 11 is 0. The van der Waals surface area contributed by atoms with Gasteiger partial charge in [-0.1, -0.05) is 44.2 Å². The molecule has 3 atom stereocenters. The molecule has 128 valence electrons. The van der Waals surface area contributed by atoms with Crippen LogP contribution < -0.4 is 5.32 Å². The molecule has 3 heteroatoms. The summed E-state index contributed by atoms with van der Waals surface area (Å²) in [5.41, 5.74) is 1.34. The van der Waals surface area contributed by atoms with Crippen LogP contribution in [0.1, 0.15) is 45.1 Å². The maximum absolute atomic E-state index is 10.4. The Labute approximate surface area is 141 Å². The molecule has 3 rings (SSSR count). The average Bonchev–Trinajstić information content (AvgIpc) is 2.57. The number of benzene rings is 1. The van der Waals surface area contributed by atoms with Crippen molar-refractivity contribution in [3.63, 3.8) is 0 Å². The minimum Gasteiger partial charge on any atom is -0.393 e. The molecular formula is C20H32N2O. The van der Waals surface area contributed by atoms with Crippen molar-refractivity contribution in [2.45, 2.75) is 64.3 Å². The quantitative estimate of drug-likeness (QED) is 0.847. The van der Waals surface area contributed by atoms with Crippen molar-refractivity contribution in [3.05, 3.63) is 35.9 Å². The van der Waals surface area contributed by atoms with E-state index in [1.807, 2.05) is 0 Å². The minimum absolute atomic E-state index is 0.156. The van der Waals surface area contributed by atoms with Gasteiger partial charge in [0.2, 0.25) is 0 Å². The fourth-order valence-electron chi connectivity index (χ4n) is 4.25. The van der Waals surface area contributed by atoms with E-state index in [1.165, 1.54) is 18.4 Å². The van der Waals surface area contributed by atoms with Gasteiger partial charge in [-0.15, -0.1) is 0 Å². The number of nitrogens with zero attached hydrogens (tertiary/aromatic N) is 1. The van der Waals surface area contributed by atoms with Crippen LogP contribution in [0.2, 0.25) is 0 Å². The van der Waals surface area contributed by atoms with Gasteiger partial charge in [0, 0.05) is 31.7 Å². The second-order valence-electron chi connectivity index (χ2n) is 7.72. The van der Waals surface area contributed by atoms with Crippen molar-refractivity contribution in [1.82, 2.24) is 10.2 Å². The number of aliphatic hydroxyl groups excluding tert-OH is 1. The first-order chi connectivity index (χ1) is 11.2. The lowest BCUT2D eigenvalue weighted by Crippen LogP contribution is -2.57. The highest BCUT2D eigenvalue weighted by Crippen LogP contribution is 2.34. The molecule has 0 bridgehead atoms. The molecule has 1 saturated carbocycles. The molecule has 1 aliphatic heterocycles. The zero-order valence-electron chi connectivity index (χ0n) is 14.6. The maximum atomic E-state index is 10.4. The highest BCUT2D eigenvalue weighted by atomic mass is 16.3. The number of rotatable bonds is 6. The number of aliphatic hydroxyl groups is 1. The summed E-state index contributed by atoms with van der Waals surface area (Å²) in [5.74, 6) is 1.30. The van der Waals surface area contributed by atoms with E-state index in [4.69, 9.17) is 0 Å². The van der Waals surface area contributed by atoms with Crippen molar-refractivity contribution in [1.29, 1.82) is 0 Å². The molecule has 0 amide bonds. The topological polar surface area (TPSA) is 35.5 Å². The van der Waals surface area contributed by atoms with E-state index in [9.17, 15) is 5.11 Å². The standard InChI is InChI=1S/C20H32N2O/c1-3-20(23)17-11-18(21-12-16-7-5-4-6-8-16)14-22(13-17)19-9-15(2)10-19/h4-8,15,17-21,23H,3,9-14H2,1-2H3.